The maximum Gasteiger partial charge on any atom is 0.274 e. The number of carbonyl (C=O) groups is 2. The molecule has 3 saturated carbocycles. The molecule has 1 unspecified atom stereocenters. The van der Waals surface area contributed by atoms with Crippen LogP contribution in [0.1, 0.15) is 61.0 Å². The summed E-state index contributed by atoms with van der Waals surface area (Å²) in [5.74, 6) is 1.95. The standard InChI is InChI=1S/C24H33N5O2/c1-15-12-25-9-10-28(15)23(31)19-14-29-20(5-4-6-21(29)27-19)22(30)26-13-16-7-8-17-11-18(16)24(17,2)3/h4-6,14-18,25H,7-13H2,1-3H3,(H,26,30)/t15?,16-,17-,18-/m0/s1. The number of aromatic nitrogens is 2. The number of imidazole rings is 1. The van der Waals surface area contributed by atoms with Gasteiger partial charge in [-0.15, -0.1) is 0 Å². The number of fused-ring (bicyclic) bond motifs is 3. The van der Waals surface area contributed by atoms with Crippen molar-refractivity contribution < 1.29 is 9.59 Å². The van der Waals surface area contributed by atoms with Crippen LogP contribution in [0.5, 0.6) is 0 Å². The van der Waals surface area contributed by atoms with Crippen molar-refractivity contribution >= 4 is 17.5 Å². The maximum absolute atomic E-state index is 13.1. The number of hydrogen-bond donors (Lipinski definition) is 2. The SMILES string of the molecule is CC1CNCCN1C(=O)c1cn2c(C(=O)NC[C@@H]3CC[C@H]4C[C@@H]3C4(C)C)cccc2n1. The molecule has 3 heterocycles. The van der Waals surface area contributed by atoms with E-state index in [1.54, 1.807) is 16.7 Å². The summed E-state index contributed by atoms with van der Waals surface area (Å²) < 4.78 is 1.75. The molecule has 2 aromatic heterocycles. The third kappa shape index (κ3) is 3.43. The van der Waals surface area contributed by atoms with Crippen LogP contribution in [0.25, 0.3) is 5.65 Å². The van der Waals surface area contributed by atoms with E-state index < -0.39 is 0 Å². The lowest BCUT2D eigenvalue weighted by Gasteiger charge is -2.60. The molecule has 1 aliphatic heterocycles. The Morgan fingerprint density at radius 1 is 1.29 bits per heavy atom. The van der Waals surface area contributed by atoms with Gasteiger partial charge < -0.3 is 15.5 Å². The normalized spacial score (nSPS) is 29.5. The van der Waals surface area contributed by atoms with E-state index in [2.05, 4.69) is 29.5 Å². The number of amides is 2. The molecular formula is C24H33N5O2. The highest BCUT2D eigenvalue weighted by Crippen LogP contribution is 2.61. The third-order valence-electron chi connectivity index (χ3n) is 8.23. The summed E-state index contributed by atoms with van der Waals surface area (Å²) in [5.41, 5.74) is 1.95. The largest absolute Gasteiger partial charge is 0.350 e. The van der Waals surface area contributed by atoms with Crippen LogP contribution in [-0.2, 0) is 0 Å². The van der Waals surface area contributed by atoms with Crippen molar-refractivity contribution in [2.24, 2.45) is 23.2 Å². The lowest BCUT2D eigenvalue weighted by molar-refractivity contribution is -0.103. The van der Waals surface area contributed by atoms with Crippen LogP contribution in [-0.4, -0.2) is 58.3 Å². The Labute approximate surface area is 183 Å². The third-order valence-corrected chi connectivity index (χ3v) is 8.23. The highest BCUT2D eigenvalue weighted by molar-refractivity contribution is 5.95. The van der Waals surface area contributed by atoms with Crippen molar-refractivity contribution in [1.82, 2.24) is 24.9 Å². The van der Waals surface area contributed by atoms with Gasteiger partial charge in [-0.3, -0.25) is 14.0 Å². The Morgan fingerprint density at radius 2 is 2.13 bits per heavy atom. The number of nitrogens with one attached hydrogen (secondary N) is 2. The van der Waals surface area contributed by atoms with Crippen molar-refractivity contribution in [2.45, 2.75) is 46.1 Å². The second kappa shape index (κ2) is 7.62. The van der Waals surface area contributed by atoms with Gasteiger partial charge in [0.1, 0.15) is 17.0 Å². The first kappa shape index (κ1) is 20.5. The van der Waals surface area contributed by atoms with Gasteiger partial charge >= 0.3 is 0 Å². The average Bonchev–Trinajstić information content (AvgIpc) is 3.21. The van der Waals surface area contributed by atoms with Crippen molar-refractivity contribution in [1.29, 1.82) is 0 Å². The van der Waals surface area contributed by atoms with Gasteiger partial charge in [-0.05, 0) is 61.5 Å². The molecule has 166 valence electrons. The molecule has 2 bridgehead atoms. The number of rotatable bonds is 4. The van der Waals surface area contributed by atoms with Gasteiger partial charge in [0.2, 0.25) is 0 Å². The molecule has 0 spiro atoms. The number of pyridine rings is 1. The van der Waals surface area contributed by atoms with Crippen molar-refractivity contribution in [3.8, 4) is 0 Å². The molecule has 2 amide bonds. The molecule has 31 heavy (non-hydrogen) atoms. The van der Waals surface area contributed by atoms with Gasteiger partial charge in [0.15, 0.2) is 0 Å². The van der Waals surface area contributed by atoms with E-state index in [-0.39, 0.29) is 17.9 Å². The lowest BCUT2D eigenvalue weighted by atomic mass is 9.45. The van der Waals surface area contributed by atoms with E-state index in [0.29, 0.717) is 40.8 Å². The first-order valence-electron chi connectivity index (χ1n) is 11.6. The summed E-state index contributed by atoms with van der Waals surface area (Å²) in [5, 5.41) is 6.47. The Hall–Kier alpha value is -2.41. The fourth-order valence-electron chi connectivity index (χ4n) is 6.11. The van der Waals surface area contributed by atoms with Gasteiger partial charge in [-0.2, -0.15) is 0 Å². The van der Waals surface area contributed by atoms with E-state index in [9.17, 15) is 9.59 Å². The molecule has 4 aliphatic rings. The van der Waals surface area contributed by atoms with Crippen LogP contribution in [0.2, 0.25) is 0 Å². The molecule has 0 aromatic carbocycles. The first-order chi connectivity index (χ1) is 14.9. The van der Waals surface area contributed by atoms with Gasteiger partial charge in [-0.1, -0.05) is 19.9 Å². The number of carbonyl (C=O) groups excluding carboxylic acids is 2. The molecule has 2 aromatic rings. The minimum absolute atomic E-state index is 0.0759. The second-order valence-corrected chi connectivity index (χ2v) is 10.2. The molecule has 3 aliphatic carbocycles. The summed E-state index contributed by atoms with van der Waals surface area (Å²) in [6.45, 7) is 9.75. The zero-order valence-electron chi connectivity index (χ0n) is 18.7. The molecule has 7 heteroatoms. The molecular weight excluding hydrogens is 390 g/mol. The first-order valence-corrected chi connectivity index (χ1v) is 11.6. The van der Waals surface area contributed by atoms with E-state index >= 15 is 0 Å². The minimum atomic E-state index is -0.100. The van der Waals surface area contributed by atoms with E-state index in [0.717, 1.165) is 25.6 Å². The molecule has 1 saturated heterocycles. The van der Waals surface area contributed by atoms with Crippen LogP contribution < -0.4 is 10.6 Å². The highest BCUT2D eigenvalue weighted by atomic mass is 16.2. The van der Waals surface area contributed by atoms with E-state index in [4.69, 9.17) is 0 Å². The summed E-state index contributed by atoms with van der Waals surface area (Å²) in [7, 11) is 0. The molecule has 6 rings (SSSR count). The van der Waals surface area contributed by atoms with Gasteiger partial charge in [0.25, 0.3) is 11.8 Å². The summed E-state index contributed by atoms with van der Waals surface area (Å²) in [4.78, 5) is 32.4. The predicted molar refractivity (Wildman–Crippen MR) is 119 cm³/mol. The van der Waals surface area contributed by atoms with Gasteiger partial charge in [0, 0.05) is 38.4 Å². The van der Waals surface area contributed by atoms with Crippen molar-refractivity contribution in [2.75, 3.05) is 26.2 Å². The summed E-state index contributed by atoms with van der Waals surface area (Å²) >= 11 is 0. The van der Waals surface area contributed by atoms with Crippen molar-refractivity contribution in [3.63, 3.8) is 0 Å². The fraction of sp³-hybridized carbons (Fsp3) is 0.625. The summed E-state index contributed by atoms with van der Waals surface area (Å²) in [6.07, 6.45) is 5.50. The Bertz CT molecular complexity index is 1010. The number of hydrogen-bond acceptors (Lipinski definition) is 4. The summed E-state index contributed by atoms with van der Waals surface area (Å²) in [6, 6.07) is 5.60. The minimum Gasteiger partial charge on any atom is -0.350 e. The zero-order valence-corrected chi connectivity index (χ0v) is 18.7. The van der Waals surface area contributed by atoms with Crippen LogP contribution >= 0.6 is 0 Å². The van der Waals surface area contributed by atoms with Crippen LogP contribution in [0.4, 0.5) is 0 Å². The topological polar surface area (TPSA) is 78.7 Å². The number of piperazine rings is 1. The lowest BCUT2D eigenvalue weighted by Crippen LogP contribution is -2.54. The van der Waals surface area contributed by atoms with Crippen LogP contribution in [0, 0.1) is 23.2 Å². The quantitative estimate of drug-likeness (QED) is 0.792. The Morgan fingerprint density at radius 3 is 2.87 bits per heavy atom. The molecule has 7 nitrogen and oxygen atoms in total. The maximum atomic E-state index is 13.1. The molecule has 4 fully saturated rings. The fourth-order valence-corrected chi connectivity index (χ4v) is 6.11. The Balaban J connectivity index is 1.32. The number of nitrogens with zero attached hydrogens (tertiary/aromatic N) is 3. The molecule has 0 radical (unpaired) electrons. The second-order valence-electron chi connectivity index (χ2n) is 10.2. The van der Waals surface area contributed by atoms with E-state index in [1.165, 1.54) is 19.3 Å². The molecule has 2 N–H and O–H groups in total. The monoisotopic (exact) mass is 423 g/mol. The van der Waals surface area contributed by atoms with Gasteiger partial charge in [0.05, 0.1) is 0 Å². The highest BCUT2D eigenvalue weighted by Gasteiger charge is 2.53. The Kier molecular flexibility index (Phi) is 5.04. The van der Waals surface area contributed by atoms with Crippen LogP contribution in [0.15, 0.2) is 24.4 Å². The van der Waals surface area contributed by atoms with Crippen LogP contribution in [0.3, 0.4) is 0 Å². The van der Waals surface area contributed by atoms with E-state index in [1.807, 2.05) is 24.0 Å². The van der Waals surface area contributed by atoms with Crippen molar-refractivity contribution in [3.05, 3.63) is 35.8 Å². The predicted octanol–water partition coefficient (Wildman–Crippen LogP) is 2.57. The molecule has 4 atom stereocenters. The smallest absolute Gasteiger partial charge is 0.274 e. The average molecular weight is 424 g/mol. The van der Waals surface area contributed by atoms with Gasteiger partial charge in [-0.25, -0.2) is 4.98 Å². The zero-order chi connectivity index (χ0) is 21.8.